The van der Waals surface area contributed by atoms with Gasteiger partial charge in [-0.3, -0.25) is 14.9 Å². The lowest BCUT2D eigenvalue weighted by atomic mass is 10.2. The quantitative estimate of drug-likeness (QED) is 0.391. The summed E-state index contributed by atoms with van der Waals surface area (Å²) in [6.07, 6.45) is 0.936. The van der Waals surface area contributed by atoms with Crippen LogP contribution in [0.3, 0.4) is 0 Å². The number of amides is 1. The molecule has 0 spiro atoms. The zero-order valence-electron chi connectivity index (χ0n) is 10.0. The van der Waals surface area contributed by atoms with E-state index in [1.54, 1.807) is 24.3 Å². The Morgan fingerprint density at radius 2 is 2.10 bits per heavy atom. The standard InChI is InChI=1S/C12H9ClN4O3/c13-11-5-7(10(6-15-11)17(19)20)12(18)16-9-4-2-1-3-8(9)14/h1-6H,14H2,(H,16,18). The summed E-state index contributed by atoms with van der Waals surface area (Å²) in [5.41, 5.74) is 5.79. The van der Waals surface area contributed by atoms with E-state index >= 15 is 0 Å². The second-order valence-electron chi connectivity index (χ2n) is 3.82. The highest BCUT2D eigenvalue weighted by atomic mass is 35.5. The first kappa shape index (κ1) is 13.8. The average molecular weight is 293 g/mol. The molecule has 0 aliphatic carbocycles. The SMILES string of the molecule is Nc1ccccc1NC(=O)c1cc(Cl)ncc1[N+](=O)[O-]. The number of nitro groups is 1. The smallest absolute Gasteiger partial charge is 0.300 e. The van der Waals surface area contributed by atoms with E-state index in [-0.39, 0.29) is 10.7 Å². The third-order valence-electron chi connectivity index (χ3n) is 2.50. The first-order valence-corrected chi connectivity index (χ1v) is 5.82. The Morgan fingerprint density at radius 3 is 2.75 bits per heavy atom. The van der Waals surface area contributed by atoms with E-state index in [1.807, 2.05) is 0 Å². The summed E-state index contributed by atoms with van der Waals surface area (Å²) < 4.78 is 0. The number of hydrogen-bond donors (Lipinski definition) is 2. The Morgan fingerprint density at radius 1 is 1.40 bits per heavy atom. The number of anilines is 2. The van der Waals surface area contributed by atoms with Gasteiger partial charge in [0.05, 0.1) is 16.3 Å². The number of benzene rings is 1. The van der Waals surface area contributed by atoms with Crippen molar-refractivity contribution in [3.8, 4) is 0 Å². The molecule has 0 bridgehead atoms. The van der Waals surface area contributed by atoms with Crippen molar-refractivity contribution in [2.24, 2.45) is 0 Å². The summed E-state index contributed by atoms with van der Waals surface area (Å²) in [7, 11) is 0. The maximum atomic E-state index is 12.1. The molecule has 0 radical (unpaired) electrons. The first-order valence-electron chi connectivity index (χ1n) is 5.45. The molecular formula is C12H9ClN4O3. The third kappa shape index (κ3) is 2.83. The summed E-state index contributed by atoms with van der Waals surface area (Å²) in [5, 5.41) is 13.4. The van der Waals surface area contributed by atoms with Gasteiger partial charge >= 0.3 is 0 Å². The zero-order chi connectivity index (χ0) is 14.7. The van der Waals surface area contributed by atoms with E-state index in [0.717, 1.165) is 12.3 Å². The molecule has 1 aromatic carbocycles. The molecular weight excluding hydrogens is 284 g/mol. The predicted octanol–water partition coefficient (Wildman–Crippen LogP) is 2.48. The lowest BCUT2D eigenvalue weighted by Crippen LogP contribution is -2.15. The van der Waals surface area contributed by atoms with Gasteiger partial charge in [-0.15, -0.1) is 0 Å². The number of nitrogens with two attached hydrogens (primary N) is 1. The van der Waals surface area contributed by atoms with Crippen LogP contribution in [-0.4, -0.2) is 15.8 Å². The van der Waals surface area contributed by atoms with Crippen LogP contribution in [0.4, 0.5) is 17.1 Å². The third-order valence-corrected chi connectivity index (χ3v) is 2.71. The number of rotatable bonds is 3. The molecule has 7 nitrogen and oxygen atoms in total. The van der Waals surface area contributed by atoms with E-state index in [4.69, 9.17) is 17.3 Å². The number of hydrogen-bond acceptors (Lipinski definition) is 5. The van der Waals surface area contributed by atoms with Crippen LogP contribution in [0.25, 0.3) is 0 Å². The number of nitrogens with one attached hydrogen (secondary N) is 1. The van der Waals surface area contributed by atoms with Gasteiger partial charge in [0.15, 0.2) is 0 Å². The Balaban J connectivity index is 2.37. The summed E-state index contributed by atoms with van der Waals surface area (Å²) in [4.78, 5) is 25.8. The normalized spacial score (nSPS) is 10.1. The van der Waals surface area contributed by atoms with Crippen molar-refractivity contribution in [3.05, 3.63) is 57.4 Å². The van der Waals surface area contributed by atoms with Crippen molar-refractivity contribution < 1.29 is 9.72 Å². The number of carbonyl (C=O) groups excluding carboxylic acids is 1. The molecule has 1 heterocycles. The minimum Gasteiger partial charge on any atom is -0.397 e. The topological polar surface area (TPSA) is 111 Å². The van der Waals surface area contributed by atoms with Crippen molar-refractivity contribution >= 4 is 34.6 Å². The largest absolute Gasteiger partial charge is 0.397 e. The molecule has 3 N–H and O–H groups in total. The molecule has 0 aliphatic heterocycles. The highest BCUT2D eigenvalue weighted by molar-refractivity contribution is 6.30. The van der Waals surface area contributed by atoms with E-state index < -0.39 is 16.5 Å². The number of carbonyl (C=O) groups is 1. The van der Waals surface area contributed by atoms with E-state index in [0.29, 0.717) is 11.4 Å². The molecule has 0 saturated carbocycles. The lowest BCUT2D eigenvalue weighted by Gasteiger charge is -2.08. The van der Waals surface area contributed by atoms with Gasteiger partial charge in [-0.2, -0.15) is 0 Å². The van der Waals surface area contributed by atoms with Crippen molar-refractivity contribution in [2.75, 3.05) is 11.1 Å². The molecule has 8 heteroatoms. The van der Waals surface area contributed by atoms with Crippen molar-refractivity contribution in [1.82, 2.24) is 4.98 Å². The highest BCUT2D eigenvalue weighted by Crippen LogP contribution is 2.23. The second-order valence-corrected chi connectivity index (χ2v) is 4.21. The summed E-state index contributed by atoms with van der Waals surface area (Å²) >= 11 is 5.66. The summed E-state index contributed by atoms with van der Waals surface area (Å²) in [6.45, 7) is 0. The van der Waals surface area contributed by atoms with Crippen LogP contribution in [0.5, 0.6) is 0 Å². The van der Waals surface area contributed by atoms with Crippen LogP contribution in [0.15, 0.2) is 36.5 Å². The number of pyridine rings is 1. The molecule has 2 rings (SSSR count). The Bertz CT molecular complexity index is 690. The Labute approximate surface area is 118 Å². The fourth-order valence-corrected chi connectivity index (χ4v) is 1.71. The molecule has 0 fully saturated rings. The summed E-state index contributed by atoms with van der Waals surface area (Å²) in [5.74, 6) is -0.682. The molecule has 102 valence electrons. The molecule has 1 amide bonds. The van der Waals surface area contributed by atoms with E-state index in [2.05, 4.69) is 10.3 Å². The molecule has 1 aromatic heterocycles. The fraction of sp³-hybridized carbons (Fsp3) is 0. The molecule has 0 aliphatic rings. The van der Waals surface area contributed by atoms with Gasteiger partial charge in [-0.05, 0) is 18.2 Å². The molecule has 0 saturated heterocycles. The van der Waals surface area contributed by atoms with Crippen LogP contribution < -0.4 is 11.1 Å². The monoisotopic (exact) mass is 292 g/mol. The van der Waals surface area contributed by atoms with Crippen LogP contribution in [0, 0.1) is 10.1 Å². The molecule has 0 atom stereocenters. The van der Waals surface area contributed by atoms with Crippen LogP contribution in [0.2, 0.25) is 5.15 Å². The van der Waals surface area contributed by atoms with E-state index in [1.165, 1.54) is 0 Å². The zero-order valence-corrected chi connectivity index (χ0v) is 10.8. The minimum atomic E-state index is -0.702. The number of aromatic nitrogens is 1. The molecule has 20 heavy (non-hydrogen) atoms. The van der Waals surface area contributed by atoms with Crippen LogP contribution in [0.1, 0.15) is 10.4 Å². The van der Waals surface area contributed by atoms with Crippen LogP contribution >= 0.6 is 11.6 Å². The van der Waals surface area contributed by atoms with E-state index in [9.17, 15) is 14.9 Å². The molecule has 0 unspecified atom stereocenters. The Hall–Kier alpha value is -2.67. The molecule has 2 aromatic rings. The van der Waals surface area contributed by atoms with Crippen LogP contribution in [-0.2, 0) is 0 Å². The van der Waals surface area contributed by atoms with Crippen molar-refractivity contribution in [1.29, 1.82) is 0 Å². The summed E-state index contributed by atoms with van der Waals surface area (Å²) in [6, 6.07) is 7.70. The fourth-order valence-electron chi connectivity index (χ4n) is 1.55. The van der Waals surface area contributed by atoms with Gasteiger partial charge in [-0.25, -0.2) is 4.98 Å². The number of para-hydroxylation sites is 2. The lowest BCUT2D eigenvalue weighted by molar-refractivity contribution is -0.385. The number of nitrogen functional groups attached to an aromatic ring is 1. The average Bonchev–Trinajstić information content (AvgIpc) is 2.40. The minimum absolute atomic E-state index is 0.0122. The second kappa shape index (κ2) is 5.54. The van der Waals surface area contributed by atoms with Gasteiger partial charge < -0.3 is 11.1 Å². The number of halogens is 1. The Kier molecular flexibility index (Phi) is 3.81. The van der Waals surface area contributed by atoms with Crippen molar-refractivity contribution in [3.63, 3.8) is 0 Å². The van der Waals surface area contributed by atoms with Gasteiger partial charge in [0.1, 0.15) is 16.9 Å². The maximum absolute atomic E-state index is 12.1. The van der Waals surface area contributed by atoms with Gasteiger partial charge in [0.2, 0.25) is 0 Å². The highest BCUT2D eigenvalue weighted by Gasteiger charge is 2.21. The number of nitrogens with zero attached hydrogens (tertiary/aromatic N) is 2. The van der Waals surface area contributed by atoms with Crippen molar-refractivity contribution in [2.45, 2.75) is 0 Å². The van der Waals surface area contributed by atoms with Gasteiger partial charge in [-0.1, -0.05) is 23.7 Å². The van der Waals surface area contributed by atoms with Gasteiger partial charge in [0.25, 0.3) is 11.6 Å². The maximum Gasteiger partial charge on any atom is 0.300 e. The first-order chi connectivity index (χ1) is 9.49. The predicted molar refractivity (Wildman–Crippen MR) is 74.7 cm³/mol. The van der Waals surface area contributed by atoms with Gasteiger partial charge in [0, 0.05) is 0 Å².